The van der Waals surface area contributed by atoms with Gasteiger partial charge in [-0.2, -0.15) is 5.10 Å². The van der Waals surface area contributed by atoms with Crippen LogP contribution in [0.15, 0.2) is 24.4 Å². The topological polar surface area (TPSA) is 83.8 Å². The summed E-state index contributed by atoms with van der Waals surface area (Å²) in [5, 5.41) is 9.00. The summed E-state index contributed by atoms with van der Waals surface area (Å²) in [5.41, 5.74) is 8.98. The van der Waals surface area contributed by atoms with Crippen molar-refractivity contribution in [3.05, 3.63) is 41.1 Å². The zero-order chi connectivity index (χ0) is 12.4. The van der Waals surface area contributed by atoms with Gasteiger partial charge in [0.25, 0.3) is 5.91 Å². The van der Waals surface area contributed by atoms with Gasteiger partial charge in [-0.3, -0.25) is 9.89 Å². The van der Waals surface area contributed by atoms with E-state index in [0.29, 0.717) is 5.56 Å². The zero-order valence-corrected chi connectivity index (χ0v) is 9.74. The summed E-state index contributed by atoms with van der Waals surface area (Å²) in [6.07, 6.45) is 1.41. The second-order valence-corrected chi connectivity index (χ2v) is 3.95. The quantitative estimate of drug-likeness (QED) is 0.736. The number of nitrogen functional groups attached to an aromatic ring is 1. The van der Waals surface area contributed by atoms with Crippen LogP contribution in [0.5, 0.6) is 0 Å². The highest BCUT2D eigenvalue weighted by Gasteiger charge is 2.11. The Morgan fingerprint density at radius 1 is 1.35 bits per heavy atom. The molecule has 0 saturated carbocycles. The molecule has 17 heavy (non-hydrogen) atoms. The van der Waals surface area contributed by atoms with Crippen molar-refractivity contribution in [2.75, 3.05) is 11.1 Å². The highest BCUT2D eigenvalue weighted by molar-refractivity contribution is 6.07. The molecule has 0 fully saturated rings. The molecule has 0 aliphatic carbocycles. The summed E-state index contributed by atoms with van der Waals surface area (Å²) in [6, 6.07) is 5.74. The van der Waals surface area contributed by atoms with Crippen LogP contribution in [-0.2, 0) is 0 Å². The van der Waals surface area contributed by atoms with Gasteiger partial charge in [-0.15, -0.1) is 0 Å². The first kappa shape index (κ1) is 11.2. The van der Waals surface area contributed by atoms with Gasteiger partial charge < -0.3 is 11.1 Å². The Morgan fingerprint density at radius 2 is 2.12 bits per heavy atom. The Kier molecular flexibility index (Phi) is 2.82. The zero-order valence-electron chi connectivity index (χ0n) is 9.74. The van der Waals surface area contributed by atoms with Gasteiger partial charge in [0.2, 0.25) is 0 Å². The lowest BCUT2D eigenvalue weighted by Gasteiger charge is -2.06. The molecule has 0 unspecified atom stereocenters. The molecule has 0 bridgehead atoms. The van der Waals surface area contributed by atoms with E-state index in [0.717, 1.165) is 11.3 Å². The maximum absolute atomic E-state index is 11.8. The lowest BCUT2D eigenvalue weighted by molar-refractivity contribution is 0.102. The minimum Gasteiger partial charge on any atom is -0.383 e. The van der Waals surface area contributed by atoms with Gasteiger partial charge in [0, 0.05) is 5.69 Å². The molecule has 5 heteroatoms. The maximum atomic E-state index is 11.8. The Labute approximate surface area is 99.0 Å². The normalized spacial score (nSPS) is 10.2. The Hall–Kier alpha value is -2.30. The van der Waals surface area contributed by atoms with Gasteiger partial charge in [0.1, 0.15) is 11.4 Å². The molecule has 0 aliphatic heterocycles. The Balaban J connectivity index is 2.19. The first-order valence-electron chi connectivity index (χ1n) is 5.25. The minimum absolute atomic E-state index is 0.264. The van der Waals surface area contributed by atoms with Gasteiger partial charge in [-0.1, -0.05) is 6.07 Å². The predicted octanol–water partition coefficient (Wildman–Crippen LogP) is 1.86. The summed E-state index contributed by atoms with van der Waals surface area (Å²) in [7, 11) is 0. The third-order valence-electron chi connectivity index (χ3n) is 2.68. The smallest absolute Gasteiger partial charge is 0.261 e. The van der Waals surface area contributed by atoms with Crippen molar-refractivity contribution in [2.24, 2.45) is 0 Å². The number of aromatic nitrogens is 2. The molecule has 1 heterocycles. The molecule has 0 aliphatic rings. The van der Waals surface area contributed by atoms with Crippen molar-refractivity contribution in [1.82, 2.24) is 10.2 Å². The number of aryl methyl sites for hydroxylation is 2. The van der Waals surface area contributed by atoms with Gasteiger partial charge in [0.15, 0.2) is 0 Å². The van der Waals surface area contributed by atoms with Crippen LogP contribution in [0.25, 0.3) is 0 Å². The van der Waals surface area contributed by atoms with Crippen LogP contribution in [-0.4, -0.2) is 16.1 Å². The van der Waals surface area contributed by atoms with Gasteiger partial charge in [-0.25, -0.2) is 0 Å². The van der Waals surface area contributed by atoms with E-state index in [9.17, 15) is 4.79 Å². The molecule has 88 valence electrons. The molecule has 4 N–H and O–H groups in total. The van der Waals surface area contributed by atoms with Crippen molar-refractivity contribution in [2.45, 2.75) is 13.8 Å². The van der Waals surface area contributed by atoms with Crippen LogP contribution in [0.3, 0.4) is 0 Å². The molecule has 1 aromatic carbocycles. The number of carbonyl (C=O) groups excluding carboxylic acids is 1. The summed E-state index contributed by atoms with van der Waals surface area (Å²) in [5.74, 6) is 0.00540. The van der Waals surface area contributed by atoms with Crippen LogP contribution < -0.4 is 11.1 Å². The van der Waals surface area contributed by atoms with E-state index in [1.807, 2.05) is 32.0 Å². The summed E-state index contributed by atoms with van der Waals surface area (Å²) in [6.45, 7) is 4.02. The van der Waals surface area contributed by atoms with Crippen LogP contribution in [0.2, 0.25) is 0 Å². The summed E-state index contributed by atoms with van der Waals surface area (Å²) in [4.78, 5) is 11.8. The number of nitrogens with zero attached hydrogens (tertiary/aromatic N) is 1. The number of carbonyl (C=O) groups is 1. The SMILES string of the molecule is Cc1ccc(NC(=O)c2cn[nH]c2N)cc1C. The van der Waals surface area contributed by atoms with E-state index < -0.39 is 0 Å². The second kappa shape index (κ2) is 4.29. The molecule has 0 radical (unpaired) electrons. The lowest BCUT2D eigenvalue weighted by atomic mass is 10.1. The second-order valence-electron chi connectivity index (χ2n) is 3.95. The Morgan fingerprint density at radius 3 is 2.71 bits per heavy atom. The predicted molar refractivity (Wildman–Crippen MR) is 66.9 cm³/mol. The average molecular weight is 230 g/mol. The van der Waals surface area contributed by atoms with Crippen LogP contribution in [0, 0.1) is 13.8 Å². The van der Waals surface area contributed by atoms with Crippen molar-refractivity contribution in [3.8, 4) is 0 Å². The fourth-order valence-electron chi connectivity index (χ4n) is 1.49. The van der Waals surface area contributed by atoms with E-state index in [1.54, 1.807) is 0 Å². The van der Waals surface area contributed by atoms with E-state index in [1.165, 1.54) is 11.8 Å². The molecular formula is C12H14N4O. The standard InChI is InChI=1S/C12H14N4O/c1-7-3-4-9(5-8(7)2)15-12(17)10-6-14-16-11(10)13/h3-6H,1-2H3,(H,15,17)(H3,13,14,16). The number of nitrogens with two attached hydrogens (primary N) is 1. The van der Waals surface area contributed by atoms with E-state index >= 15 is 0 Å². The molecular weight excluding hydrogens is 216 g/mol. The number of hydrogen-bond acceptors (Lipinski definition) is 3. The molecule has 0 atom stereocenters. The fraction of sp³-hybridized carbons (Fsp3) is 0.167. The highest BCUT2D eigenvalue weighted by atomic mass is 16.1. The first-order valence-corrected chi connectivity index (χ1v) is 5.25. The minimum atomic E-state index is -0.264. The largest absolute Gasteiger partial charge is 0.383 e. The number of amides is 1. The van der Waals surface area contributed by atoms with Gasteiger partial charge in [0.05, 0.1) is 6.20 Å². The van der Waals surface area contributed by atoms with E-state index in [-0.39, 0.29) is 11.7 Å². The van der Waals surface area contributed by atoms with Crippen molar-refractivity contribution in [1.29, 1.82) is 0 Å². The third-order valence-corrected chi connectivity index (χ3v) is 2.68. The lowest BCUT2D eigenvalue weighted by Crippen LogP contribution is -2.13. The molecule has 1 amide bonds. The fourth-order valence-corrected chi connectivity index (χ4v) is 1.49. The molecule has 1 aromatic heterocycles. The number of aromatic amines is 1. The third kappa shape index (κ3) is 2.28. The van der Waals surface area contributed by atoms with Crippen LogP contribution in [0.4, 0.5) is 11.5 Å². The number of benzene rings is 1. The van der Waals surface area contributed by atoms with E-state index in [2.05, 4.69) is 15.5 Å². The van der Waals surface area contributed by atoms with E-state index in [4.69, 9.17) is 5.73 Å². The van der Waals surface area contributed by atoms with Crippen molar-refractivity contribution in [3.63, 3.8) is 0 Å². The molecule has 2 aromatic rings. The number of anilines is 2. The first-order chi connectivity index (χ1) is 8.08. The highest BCUT2D eigenvalue weighted by Crippen LogP contribution is 2.16. The number of nitrogens with one attached hydrogen (secondary N) is 2. The number of H-pyrrole nitrogens is 1. The molecule has 0 saturated heterocycles. The van der Waals surface area contributed by atoms with Gasteiger partial charge in [-0.05, 0) is 37.1 Å². The number of rotatable bonds is 2. The van der Waals surface area contributed by atoms with Gasteiger partial charge >= 0.3 is 0 Å². The van der Waals surface area contributed by atoms with Crippen LogP contribution >= 0.6 is 0 Å². The molecule has 0 spiro atoms. The summed E-state index contributed by atoms with van der Waals surface area (Å²) >= 11 is 0. The monoisotopic (exact) mass is 230 g/mol. The summed E-state index contributed by atoms with van der Waals surface area (Å²) < 4.78 is 0. The van der Waals surface area contributed by atoms with Crippen molar-refractivity contribution < 1.29 is 4.79 Å². The molecule has 2 rings (SSSR count). The van der Waals surface area contributed by atoms with Crippen LogP contribution in [0.1, 0.15) is 21.5 Å². The Bertz CT molecular complexity index is 559. The van der Waals surface area contributed by atoms with Crippen molar-refractivity contribution >= 4 is 17.4 Å². The molecule has 5 nitrogen and oxygen atoms in total. The maximum Gasteiger partial charge on any atom is 0.261 e. The average Bonchev–Trinajstić information content (AvgIpc) is 2.70. The number of hydrogen-bond donors (Lipinski definition) is 3.